The van der Waals surface area contributed by atoms with E-state index < -0.39 is 12.1 Å². The van der Waals surface area contributed by atoms with Crippen molar-refractivity contribution in [2.75, 3.05) is 5.88 Å². The molecule has 0 aliphatic rings. The number of halogens is 4. The summed E-state index contributed by atoms with van der Waals surface area (Å²) in [7, 11) is 0. The maximum atomic E-state index is 12.0. The topological polar surface area (TPSA) is 0 Å². The molecular weight excluding hydrogens is 177 g/mol. The summed E-state index contributed by atoms with van der Waals surface area (Å²) in [6.07, 6.45) is -2.58. The molecular formula is C7H12ClF3. The third-order valence-corrected chi connectivity index (χ3v) is 1.93. The molecule has 0 aromatic heterocycles. The molecule has 0 bridgehead atoms. The molecule has 0 saturated carbocycles. The number of rotatable bonds is 4. The van der Waals surface area contributed by atoms with Crippen molar-refractivity contribution >= 4 is 11.6 Å². The first kappa shape index (κ1) is 11.1. The standard InChI is InChI=1S/C7H12ClF3/c1-2-3-4-6(5-8)7(9,10)11/h6H,2-5H2,1H3. The van der Waals surface area contributed by atoms with E-state index in [0.29, 0.717) is 6.42 Å². The third-order valence-electron chi connectivity index (χ3n) is 1.56. The minimum absolute atomic E-state index is 0.156. The largest absolute Gasteiger partial charge is 0.392 e. The molecule has 0 saturated heterocycles. The Morgan fingerprint density at radius 1 is 1.36 bits per heavy atom. The predicted octanol–water partition coefficient (Wildman–Crippen LogP) is 3.59. The molecule has 0 heterocycles. The molecule has 68 valence electrons. The summed E-state index contributed by atoms with van der Waals surface area (Å²) in [4.78, 5) is 0. The van der Waals surface area contributed by atoms with Crippen molar-refractivity contribution in [3.63, 3.8) is 0 Å². The monoisotopic (exact) mass is 188 g/mol. The summed E-state index contributed by atoms with van der Waals surface area (Å²) in [6.45, 7) is 1.86. The van der Waals surface area contributed by atoms with Gasteiger partial charge < -0.3 is 0 Å². The molecule has 0 aliphatic heterocycles. The van der Waals surface area contributed by atoms with Gasteiger partial charge in [-0.05, 0) is 6.42 Å². The fraction of sp³-hybridized carbons (Fsp3) is 1.00. The highest BCUT2D eigenvalue weighted by Gasteiger charge is 2.37. The van der Waals surface area contributed by atoms with Gasteiger partial charge in [0.1, 0.15) is 0 Å². The van der Waals surface area contributed by atoms with Gasteiger partial charge in [0, 0.05) is 5.88 Å². The van der Waals surface area contributed by atoms with Gasteiger partial charge >= 0.3 is 6.18 Å². The van der Waals surface area contributed by atoms with E-state index >= 15 is 0 Å². The molecule has 4 heteroatoms. The second-order valence-corrected chi connectivity index (χ2v) is 2.84. The van der Waals surface area contributed by atoms with Crippen LogP contribution in [0.2, 0.25) is 0 Å². The van der Waals surface area contributed by atoms with E-state index in [1.165, 1.54) is 0 Å². The van der Waals surface area contributed by atoms with E-state index in [9.17, 15) is 13.2 Å². The van der Waals surface area contributed by atoms with E-state index in [0.717, 1.165) is 6.42 Å². The quantitative estimate of drug-likeness (QED) is 0.592. The number of hydrogen-bond donors (Lipinski definition) is 0. The van der Waals surface area contributed by atoms with Gasteiger partial charge in [-0.1, -0.05) is 19.8 Å². The molecule has 11 heavy (non-hydrogen) atoms. The molecule has 0 fully saturated rings. The van der Waals surface area contributed by atoms with Gasteiger partial charge in [-0.2, -0.15) is 13.2 Å². The Labute approximate surface area is 69.7 Å². The summed E-state index contributed by atoms with van der Waals surface area (Å²) in [5.41, 5.74) is 0. The van der Waals surface area contributed by atoms with Gasteiger partial charge in [0.2, 0.25) is 0 Å². The summed E-state index contributed by atoms with van der Waals surface area (Å²) in [5, 5.41) is 0. The third kappa shape index (κ3) is 4.51. The van der Waals surface area contributed by atoms with Crippen LogP contribution in [-0.4, -0.2) is 12.1 Å². The van der Waals surface area contributed by atoms with Crippen LogP contribution in [0, 0.1) is 5.92 Å². The van der Waals surface area contributed by atoms with Gasteiger partial charge in [-0.3, -0.25) is 0 Å². The highest BCUT2D eigenvalue weighted by molar-refractivity contribution is 6.18. The molecule has 0 N–H and O–H groups in total. The molecule has 0 radical (unpaired) electrons. The van der Waals surface area contributed by atoms with Crippen LogP contribution in [0.4, 0.5) is 13.2 Å². The van der Waals surface area contributed by atoms with Crippen LogP contribution in [0.3, 0.4) is 0 Å². The second kappa shape index (κ2) is 4.86. The van der Waals surface area contributed by atoms with Gasteiger partial charge in [-0.15, -0.1) is 11.6 Å². The second-order valence-electron chi connectivity index (χ2n) is 2.54. The Bertz CT molecular complexity index is 100. The number of hydrogen-bond acceptors (Lipinski definition) is 0. The smallest absolute Gasteiger partial charge is 0.171 e. The molecule has 0 nitrogen and oxygen atoms in total. The van der Waals surface area contributed by atoms with Crippen LogP contribution in [-0.2, 0) is 0 Å². The minimum Gasteiger partial charge on any atom is -0.171 e. The summed E-state index contributed by atoms with van der Waals surface area (Å²) in [5.74, 6) is -1.63. The molecule has 0 aliphatic carbocycles. The van der Waals surface area contributed by atoms with Crippen molar-refractivity contribution < 1.29 is 13.2 Å². The molecule has 0 rings (SSSR count). The molecule has 0 aromatic carbocycles. The fourth-order valence-corrected chi connectivity index (χ4v) is 1.11. The highest BCUT2D eigenvalue weighted by Crippen LogP contribution is 2.30. The van der Waals surface area contributed by atoms with E-state index in [1.807, 2.05) is 6.92 Å². The summed E-state index contributed by atoms with van der Waals surface area (Å²) < 4.78 is 35.9. The van der Waals surface area contributed by atoms with Gasteiger partial charge in [0.25, 0.3) is 0 Å². The Morgan fingerprint density at radius 3 is 2.18 bits per heavy atom. The maximum Gasteiger partial charge on any atom is 0.392 e. The average molecular weight is 189 g/mol. The Balaban J connectivity index is 3.76. The normalized spacial score (nSPS) is 15.0. The molecule has 0 amide bonds. The lowest BCUT2D eigenvalue weighted by atomic mass is 10.0. The van der Waals surface area contributed by atoms with Gasteiger partial charge in [0.15, 0.2) is 0 Å². The zero-order valence-electron chi connectivity index (χ0n) is 6.42. The average Bonchev–Trinajstić information content (AvgIpc) is 1.87. The van der Waals surface area contributed by atoms with Crippen LogP contribution in [0.25, 0.3) is 0 Å². The Kier molecular flexibility index (Phi) is 4.89. The van der Waals surface area contributed by atoms with E-state index in [2.05, 4.69) is 0 Å². The maximum absolute atomic E-state index is 12.0. The van der Waals surface area contributed by atoms with Crippen LogP contribution < -0.4 is 0 Å². The van der Waals surface area contributed by atoms with Crippen molar-refractivity contribution in [3.05, 3.63) is 0 Å². The Morgan fingerprint density at radius 2 is 1.91 bits per heavy atom. The molecule has 0 aromatic rings. The zero-order chi connectivity index (χ0) is 8.91. The lowest BCUT2D eigenvalue weighted by Gasteiger charge is -2.16. The van der Waals surface area contributed by atoms with Crippen LogP contribution >= 0.6 is 11.6 Å². The molecule has 0 spiro atoms. The highest BCUT2D eigenvalue weighted by atomic mass is 35.5. The first-order valence-corrected chi connectivity index (χ1v) is 4.18. The van der Waals surface area contributed by atoms with Crippen LogP contribution in [0.5, 0.6) is 0 Å². The zero-order valence-corrected chi connectivity index (χ0v) is 7.17. The van der Waals surface area contributed by atoms with Crippen LogP contribution in [0.15, 0.2) is 0 Å². The summed E-state index contributed by atoms with van der Waals surface area (Å²) >= 11 is 5.17. The minimum atomic E-state index is -4.11. The van der Waals surface area contributed by atoms with E-state index in [-0.39, 0.29) is 12.3 Å². The Hall–Kier alpha value is 0.0800. The van der Waals surface area contributed by atoms with Gasteiger partial charge in [-0.25, -0.2) is 0 Å². The number of unbranched alkanes of at least 4 members (excludes halogenated alkanes) is 1. The first-order chi connectivity index (χ1) is 5.02. The van der Waals surface area contributed by atoms with Crippen molar-refractivity contribution in [1.29, 1.82) is 0 Å². The molecule has 1 atom stereocenters. The van der Waals surface area contributed by atoms with Crippen molar-refractivity contribution in [2.24, 2.45) is 5.92 Å². The summed E-state index contributed by atoms with van der Waals surface area (Å²) in [6, 6.07) is 0. The SMILES string of the molecule is CCCCC(CCl)C(F)(F)F. The molecule has 1 unspecified atom stereocenters. The van der Waals surface area contributed by atoms with E-state index in [4.69, 9.17) is 11.6 Å². The fourth-order valence-electron chi connectivity index (χ4n) is 0.779. The van der Waals surface area contributed by atoms with Crippen molar-refractivity contribution in [1.82, 2.24) is 0 Å². The lowest BCUT2D eigenvalue weighted by Crippen LogP contribution is -2.24. The van der Waals surface area contributed by atoms with E-state index in [1.54, 1.807) is 0 Å². The lowest BCUT2D eigenvalue weighted by molar-refractivity contribution is -0.170. The number of alkyl halides is 4. The van der Waals surface area contributed by atoms with Gasteiger partial charge in [0.05, 0.1) is 5.92 Å². The first-order valence-electron chi connectivity index (χ1n) is 3.65. The predicted molar refractivity (Wildman–Crippen MR) is 39.8 cm³/mol. The van der Waals surface area contributed by atoms with Crippen LogP contribution in [0.1, 0.15) is 26.2 Å². The van der Waals surface area contributed by atoms with Crippen molar-refractivity contribution in [2.45, 2.75) is 32.4 Å². The van der Waals surface area contributed by atoms with Crippen molar-refractivity contribution in [3.8, 4) is 0 Å².